The van der Waals surface area contributed by atoms with Crippen molar-refractivity contribution in [1.29, 1.82) is 0 Å². The summed E-state index contributed by atoms with van der Waals surface area (Å²) in [5.41, 5.74) is 0.817. The summed E-state index contributed by atoms with van der Waals surface area (Å²) >= 11 is 0. The molecule has 0 spiro atoms. The summed E-state index contributed by atoms with van der Waals surface area (Å²) in [6.45, 7) is 4.21. The summed E-state index contributed by atoms with van der Waals surface area (Å²) in [7, 11) is 0. The second kappa shape index (κ2) is 8.85. The third-order valence-corrected chi connectivity index (χ3v) is 4.96. The smallest absolute Gasteiger partial charge is 0.321 e. The van der Waals surface area contributed by atoms with Crippen LogP contribution in [0.1, 0.15) is 25.7 Å². The Kier molecular flexibility index (Phi) is 6.28. The number of benzene rings is 1. The number of hydrogen-bond acceptors (Lipinski definition) is 3. The largest absolute Gasteiger partial charge is 0.378 e. The molecule has 3 rings (SSSR count). The van der Waals surface area contributed by atoms with Crippen LogP contribution in [-0.4, -0.2) is 61.1 Å². The summed E-state index contributed by atoms with van der Waals surface area (Å²) in [6, 6.07) is 9.48. The van der Waals surface area contributed by atoms with Gasteiger partial charge in [0.05, 0.1) is 13.2 Å². The van der Waals surface area contributed by atoms with Crippen molar-refractivity contribution in [3.8, 4) is 0 Å². The fraction of sp³-hybridized carbons (Fsp3) is 0.579. The molecule has 2 aliphatic rings. The highest BCUT2D eigenvalue weighted by molar-refractivity contribution is 5.89. The number of nitrogens with zero attached hydrogens (tertiary/aromatic N) is 2. The molecule has 2 heterocycles. The number of likely N-dealkylation sites (tertiary alicyclic amines) is 1. The molecule has 0 radical (unpaired) electrons. The lowest BCUT2D eigenvalue weighted by atomic mass is 9.93. The molecule has 25 heavy (non-hydrogen) atoms. The molecule has 2 saturated heterocycles. The monoisotopic (exact) mass is 345 g/mol. The van der Waals surface area contributed by atoms with Crippen LogP contribution in [0.4, 0.5) is 10.5 Å². The lowest BCUT2D eigenvalue weighted by Crippen LogP contribution is -2.43. The third kappa shape index (κ3) is 5.19. The summed E-state index contributed by atoms with van der Waals surface area (Å²) in [5, 5.41) is 2.95. The molecule has 1 N–H and O–H groups in total. The molecular formula is C19H27N3O3. The van der Waals surface area contributed by atoms with E-state index in [1.54, 1.807) is 0 Å². The van der Waals surface area contributed by atoms with Gasteiger partial charge in [0.1, 0.15) is 0 Å². The van der Waals surface area contributed by atoms with Gasteiger partial charge in [-0.15, -0.1) is 0 Å². The maximum absolute atomic E-state index is 12.4. The Balaban J connectivity index is 1.44. The highest BCUT2D eigenvalue weighted by Crippen LogP contribution is 2.22. The number of carbonyl (C=O) groups excluding carboxylic acids is 2. The van der Waals surface area contributed by atoms with Crippen LogP contribution < -0.4 is 5.32 Å². The molecule has 0 bridgehead atoms. The molecule has 1 aromatic rings. The highest BCUT2D eigenvalue weighted by Gasteiger charge is 2.25. The van der Waals surface area contributed by atoms with Crippen molar-refractivity contribution in [3.05, 3.63) is 30.3 Å². The molecule has 3 amide bonds. The molecule has 6 nitrogen and oxygen atoms in total. The zero-order chi connectivity index (χ0) is 17.5. The Bertz CT molecular complexity index is 573. The highest BCUT2D eigenvalue weighted by atomic mass is 16.5. The summed E-state index contributed by atoms with van der Waals surface area (Å²) in [5.74, 6) is 0.620. The molecule has 0 unspecified atom stereocenters. The molecule has 2 fully saturated rings. The van der Waals surface area contributed by atoms with Crippen LogP contribution >= 0.6 is 0 Å². The molecule has 6 heteroatoms. The van der Waals surface area contributed by atoms with E-state index < -0.39 is 0 Å². The average Bonchev–Trinajstić information content (AvgIpc) is 2.68. The first-order valence-corrected chi connectivity index (χ1v) is 9.19. The van der Waals surface area contributed by atoms with E-state index in [0.29, 0.717) is 38.6 Å². The average molecular weight is 345 g/mol. The molecule has 0 saturated carbocycles. The van der Waals surface area contributed by atoms with Gasteiger partial charge in [-0.3, -0.25) is 4.79 Å². The lowest BCUT2D eigenvalue weighted by molar-refractivity contribution is -0.135. The maximum Gasteiger partial charge on any atom is 0.321 e. The number of morpholine rings is 1. The van der Waals surface area contributed by atoms with Crippen LogP contribution in [0, 0.1) is 5.92 Å². The number of nitrogens with one attached hydrogen (secondary N) is 1. The van der Waals surface area contributed by atoms with E-state index in [4.69, 9.17) is 4.74 Å². The van der Waals surface area contributed by atoms with Gasteiger partial charge in [0, 0.05) is 38.3 Å². The minimum Gasteiger partial charge on any atom is -0.378 e. The zero-order valence-electron chi connectivity index (χ0n) is 14.7. The van der Waals surface area contributed by atoms with Gasteiger partial charge >= 0.3 is 6.03 Å². The first-order valence-electron chi connectivity index (χ1n) is 9.19. The summed E-state index contributed by atoms with van der Waals surface area (Å²) in [4.78, 5) is 28.5. The standard InChI is InChI=1S/C19H27N3O3/c23-18(21-11-13-25-14-12-21)9-8-16-5-4-10-22(15-16)19(24)20-17-6-2-1-3-7-17/h1-3,6-7,16H,4-5,8-15H2,(H,20,24)/t16-/m0/s1. The molecule has 0 aliphatic carbocycles. The Hall–Kier alpha value is -2.08. The normalized spacial score (nSPS) is 21.0. The van der Waals surface area contributed by atoms with Crippen molar-refractivity contribution in [1.82, 2.24) is 9.80 Å². The van der Waals surface area contributed by atoms with E-state index in [9.17, 15) is 9.59 Å². The lowest BCUT2D eigenvalue weighted by Gasteiger charge is -2.33. The number of rotatable bonds is 4. The number of amides is 3. The predicted molar refractivity (Wildman–Crippen MR) is 96.4 cm³/mol. The minimum atomic E-state index is -0.0459. The zero-order valence-corrected chi connectivity index (χ0v) is 14.7. The number of para-hydroxylation sites is 1. The molecule has 1 aromatic carbocycles. The van der Waals surface area contributed by atoms with Crippen LogP contribution in [0.2, 0.25) is 0 Å². The van der Waals surface area contributed by atoms with Gasteiger partial charge in [0.25, 0.3) is 0 Å². The number of carbonyl (C=O) groups is 2. The van der Waals surface area contributed by atoms with Crippen molar-refractivity contribution in [2.45, 2.75) is 25.7 Å². The van der Waals surface area contributed by atoms with Gasteiger partial charge in [-0.1, -0.05) is 18.2 Å². The van der Waals surface area contributed by atoms with E-state index in [-0.39, 0.29) is 11.9 Å². The number of ether oxygens (including phenoxy) is 1. The SMILES string of the molecule is O=C(CC[C@@H]1CCCN(C(=O)Nc2ccccc2)C1)N1CCOCC1. The van der Waals surface area contributed by atoms with E-state index in [0.717, 1.165) is 38.0 Å². The van der Waals surface area contributed by atoms with Crippen LogP contribution in [-0.2, 0) is 9.53 Å². The van der Waals surface area contributed by atoms with Crippen LogP contribution in [0.3, 0.4) is 0 Å². The van der Waals surface area contributed by atoms with Gasteiger partial charge in [-0.25, -0.2) is 4.79 Å². The second-order valence-electron chi connectivity index (χ2n) is 6.78. The Morgan fingerprint density at radius 3 is 2.60 bits per heavy atom. The molecule has 1 atom stereocenters. The summed E-state index contributed by atoms with van der Waals surface area (Å²) in [6.07, 6.45) is 3.51. The van der Waals surface area contributed by atoms with Gasteiger partial charge in [0.2, 0.25) is 5.91 Å². The van der Waals surface area contributed by atoms with Gasteiger partial charge < -0.3 is 19.9 Å². The fourth-order valence-electron chi connectivity index (χ4n) is 3.51. The van der Waals surface area contributed by atoms with Crippen molar-refractivity contribution in [2.75, 3.05) is 44.7 Å². The predicted octanol–water partition coefficient (Wildman–Crippen LogP) is 2.57. The van der Waals surface area contributed by atoms with Crippen molar-refractivity contribution >= 4 is 17.6 Å². The van der Waals surface area contributed by atoms with Crippen molar-refractivity contribution in [3.63, 3.8) is 0 Å². The first-order chi connectivity index (χ1) is 12.2. The Morgan fingerprint density at radius 2 is 1.84 bits per heavy atom. The number of anilines is 1. The Morgan fingerprint density at radius 1 is 1.08 bits per heavy atom. The van der Waals surface area contributed by atoms with Gasteiger partial charge in [-0.05, 0) is 37.3 Å². The van der Waals surface area contributed by atoms with Crippen LogP contribution in [0.5, 0.6) is 0 Å². The minimum absolute atomic E-state index is 0.0459. The van der Waals surface area contributed by atoms with Gasteiger partial charge in [-0.2, -0.15) is 0 Å². The topological polar surface area (TPSA) is 61.9 Å². The molecule has 2 aliphatic heterocycles. The van der Waals surface area contributed by atoms with Crippen molar-refractivity contribution in [2.24, 2.45) is 5.92 Å². The molecular weight excluding hydrogens is 318 g/mol. The van der Waals surface area contributed by atoms with Crippen molar-refractivity contribution < 1.29 is 14.3 Å². The van der Waals surface area contributed by atoms with E-state index in [2.05, 4.69) is 5.32 Å². The maximum atomic E-state index is 12.4. The fourth-order valence-corrected chi connectivity index (χ4v) is 3.51. The third-order valence-electron chi connectivity index (χ3n) is 4.96. The summed E-state index contributed by atoms with van der Waals surface area (Å²) < 4.78 is 5.29. The number of piperidine rings is 1. The van der Waals surface area contributed by atoms with E-state index in [1.807, 2.05) is 40.1 Å². The van der Waals surface area contributed by atoms with E-state index in [1.165, 1.54) is 0 Å². The number of hydrogen-bond donors (Lipinski definition) is 1. The molecule has 0 aromatic heterocycles. The van der Waals surface area contributed by atoms with E-state index >= 15 is 0 Å². The van der Waals surface area contributed by atoms with Crippen LogP contribution in [0.25, 0.3) is 0 Å². The first kappa shape index (κ1) is 17.7. The van der Waals surface area contributed by atoms with Crippen LogP contribution in [0.15, 0.2) is 30.3 Å². The molecule has 136 valence electrons. The second-order valence-corrected chi connectivity index (χ2v) is 6.78. The quantitative estimate of drug-likeness (QED) is 0.912. The van der Waals surface area contributed by atoms with Gasteiger partial charge in [0.15, 0.2) is 0 Å². The number of urea groups is 1. The Labute approximate surface area is 149 Å².